The molecule has 3 aliphatic rings. The molecule has 0 unspecified atom stereocenters. The number of imide groups is 1. The standard InChI is InChI=1S/C26H18Cl2FN3O4/c27-17-7-4-14(11-18(17)28)32-23(34)21-20(9-12-1-5-15(33)6-2-12)31-26(22(21)24(32)35)16-10-13(29)3-8-19(16)30-25(26)36/h1-8,10-11,20-22,31,33H,9H2,(H,30,36)/t20-,21+,22-,26-/m0/s1. The number of phenolic OH excluding ortho intramolecular Hbond substituents is 1. The Morgan fingerprint density at radius 2 is 1.69 bits per heavy atom. The number of nitrogens with one attached hydrogen (secondary N) is 2. The van der Waals surface area contributed by atoms with Gasteiger partial charge in [-0.1, -0.05) is 35.3 Å². The summed E-state index contributed by atoms with van der Waals surface area (Å²) in [5.41, 5.74) is 0.0536. The summed E-state index contributed by atoms with van der Waals surface area (Å²) in [6, 6.07) is 14.1. The molecule has 3 aliphatic heterocycles. The summed E-state index contributed by atoms with van der Waals surface area (Å²) in [5.74, 6) is -4.12. The maximum Gasteiger partial charge on any atom is 0.250 e. The molecule has 1 spiro atoms. The second kappa shape index (κ2) is 8.03. The number of carbonyl (C=O) groups excluding carboxylic acids is 3. The molecule has 10 heteroatoms. The molecule has 4 atom stereocenters. The van der Waals surface area contributed by atoms with Crippen molar-refractivity contribution >= 4 is 52.3 Å². The fourth-order valence-corrected chi connectivity index (χ4v) is 6.01. The fraction of sp³-hybridized carbons (Fsp3) is 0.192. The molecule has 0 aromatic heterocycles. The second-order valence-corrected chi connectivity index (χ2v) is 10.0. The number of hydrogen-bond donors (Lipinski definition) is 3. The van der Waals surface area contributed by atoms with Gasteiger partial charge in [0.1, 0.15) is 17.1 Å². The topological polar surface area (TPSA) is 98.7 Å². The highest BCUT2D eigenvalue weighted by Gasteiger charge is 2.70. The third-order valence-corrected chi connectivity index (χ3v) is 7.97. The number of fused-ring (bicyclic) bond motifs is 4. The summed E-state index contributed by atoms with van der Waals surface area (Å²) in [4.78, 5) is 42.3. The van der Waals surface area contributed by atoms with Gasteiger partial charge in [-0.2, -0.15) is 0 Å². The van der Waals surface area contributed by atoms with Crippen molar-refractivity contribution in [2.45, 2.75) is 18.0 Å². The lowest BCUT2D eigenvalue weighted by atomic mass is 9.76. The summed E-state index contributed by atoms with van der Waals surface area (Å²) < 4.78 is 14.4. The van der Waals surface area contributed by atoms with Crippen LogP contribution in [-0.2, 0) is 26.3 Å². The van der Waals surface area contributed by atoms with Gasteiger partial charge >= 0.3 is 0 Å². The number of carbonyl (C=O) groups is 3. The fourth-order valence-electron chi connectivity index (χ4n) is 5.71. The lowest BCUT2D eigenvalue weighted by Gasteiger charge is -2.29. The Morgan fingerprint density at radius 3 is 2.42 bits per heavy atom. The average molecular weight is 526 g/mol. The molecule has 3 amide bonds. The number of amides is 3. The Labute approximate surface area is 214 Å². The van der Waals surface area contributed by atoms with Gasteiger partial charge in [-0.3, -0.25) is 19.7 Å². The predicted molar refractivity (Wildman–Crippen MR) is 131 cm³/mol. The first-order chi connectivity index (χ1) is 17.2. The molecule has 0 aliphatic carbocycles. The number of anilines is 2. The normalized spacial score (nSPS) is 26.5. The van der Waals surface area contributed by atoms with E-state index in [0.717, 1.165) is 10.5 Å². The van der Waals surface area contributed by atoms with Crippen LogP contribution in [0.25, 0.3) is 0 Å². The van der Waals surface area contributed by atoms with Gasteiger partial charge in [0.2, 0.25) is 17.7 Å². The molecule has 0 saturated carbocycles. The zero-order chi connectivity index (χ0) is 25.4. The highest BCUT2D eigenvalue weighted by molar-refractivity contribution is 6.42. The van der Waals surface area contributed by atoms with Crippen molar-refractivity contribution in [2.24, 2.45) is 11.8 Å². The molecular weight excluding hydrogens is 508 g/mol. The number of nitrogens with zero attached hydrogens (tertiary/aromatic N) is 1. The molecule has 3 aromatic rings. The van der Waals surface area contributed by atoms with Crippen LogP contribution >= 0.6 is 23.2 Å². The van der Waals surface area contributed by atoms with Crippen LogP contribution < -0.4 is 15.5 Å². The molecule has 6 rings (SSSR count). The lowest BCUT2D eigenvalue weighted by Crippen LogP contribution is -2.53. The molecule has 0 bridgehead atoms. The van der Waals surface area contributed by atoms with Crippen molar-refractivity contribution in [3.05, 3.63) is 87.7 Å². The van der Waals surface area contributed by atoms with E-state index in [1.165, 1.54) is 48.5 Å². The minimum atomic E-state index is -1.64. The number of aromatic hydroxyl groups is 1. The van der Waals surface area contributed by atoms with Crippen molar-refractivity contribution in [1.82, 2.24) is 5.32 Å². The van der Waals surface area contributed by atoms with E-state index >= 15 is 0 Å². The van der Waals surface area contributed by atoms with E-state index in [0.29, 0.717) is 5.69 Å². The average Bonchev–Trinajstić information content (AvgIpc) is 3.42. The molecule has 182 valence electrons. The first kappa shape index (κ1) is 23.0. The Hall–Kier alpha value is -3.46. The molecule has 2 fully saturated rings. The number of hydrogen-bond acceptors (Lipinski definition) is 5. The summed E-state index contributed by atoms with van der Waals surface area (Å²) in [6.07, 6.45) is 0.287. The van der Waals surface area contributed by atoms with Crippen LogP contribution in [0.5, 0.6) is 5.75 Å². The van der Waals surface area contributed by atoms with E-state index in [4.69, 9.17) is 23.2 Å². The van der Waals surface area contributed by atoms with Gasteiger partial charge in [-0.05, 0) is 60.5 Å². The van der Waals surface area contributed by atoms with Crippen LogP contribution in [-0.4, -0.2) is 28.9 Å². The minimum Gasteiger partial charge on any atom is -0.508 e. The van der Waals surface area contributed by atoms with Gasteiger partial charge in [-0.25, -0.2) is 9.29 Å². The van der Waals surface area contributed by atoms with Crippen LogP contribution in [0, 0.1) is 17.7 Å². The van der Waals surface area contributed by atoms with Gasteiger partial charge in [0, 0.05) is 17.3 Å². The van der Waals surface area contributed by atoms with Crippen molar-refractivity contribution in [1.29, 1.82) is 0 Å². The van der Waals surface area contributed by atoms with Crippen molar-refractivity contribution in [3.63, 3.8) is 0 Å². The van der Waals surface area contributed by atoms with Crippen molar-refractivity contribution < 1.29 is 23.9 Å². The monoisotopic (exact) mass is 525 g/mol. The molecule has 2 saturated heterocycles. The van der Waals surface area contributed by atoms with E-state index in [-0.39, 0.29) is 33.5 Å². The lowest BCUT2D eigenvalue weighted by molar-refractivity contribution is -0.130. The number of phenols is 1. The number of halogens is 3. The molecule has 3 heterocycles. The predicted octanol–water partition coefficient (Wildman–Crippen LogP) is 4.01. The highest BCUT2D eigenvalue weighted by Crippen LogP contribution is 2.54. The van der Waals surface area contributed by atoms with E-state index in [1.807, 2.05) is 0 Å². The third-order valence-electron chi connectivity index (χ3n) is 7.23. The van der Waals surface area contributed by atoms with Crippen molar-refractivity contribution in [2.75, 3.05) is 10.2 Å². The highest BCUT2D eigenvalue weighted by atomic mass is 35.5. The summed E-state index contributed by atoms with van der Waals surface area (Å²) in [5, 5.41) is 16.1. The SMILES string of the molecule is O=C1[C@@H]2[C@H](Cc3ccc(O)cc3)N[C@]3(C(=O)Nc4ccc(F)cc43)[C@@H]2C(=O)N1c1ccc(Cl)c(Cl)c1. The summed E-state index contributed by atoms with van der Waals surface area (Å²) in [7, 11) is 0. The van der Waals surface area contributed by atoms with E-state index < -0.39 is 47.0 Å². The Kier molecular flexibility index (Phi) is 5.12. The quantitative estimate of drug-likeness (QED) is 0.449. The molecule has 0 radical (unpaired) electrons. The molecule has 7 nitrogen and oxygen atoms in total. The Bertz CT molecular complexity index is 1460. The van der Waals surface area contributed by atoms with Crippen LogP contribution in [0.2, 0.25) is 10.0 Å². The van der Waals surface area contributed by atoms with Gasteiger partial charge in [-0.15, -0.1) is 0 Å². The van der Waals surface area contributed by atoms with Gasteiger partial charge in [0.05, 0.1) is 27.6 Å². The van der Waals surface area contributed by atoms with Gasteiger partial charge < -0.3 is 10.4 Å². The number of rotatable bonds is 3. The Balaban J connectivity index is 1.50. The van der Waals surface area contributed by atoms with Gasteiger partial charge in [0.25, 0.3) is 0 Å². The van der Waals surface area contributed by atoms with Crippen LogP contribution in [0.1, 0.15) is 11.1 Å². The van der Waals surface area contributed by atoms with Crippen molar-refractivity contribution in [3.8, 4) is 5.75 Å². The first-order valence-corrected chi connectivity index (χ1v) is 12.0. The van der Waals surface area contributed by atoms with Gasteiger partial charge in [0.15, 0.2) is 0 Å². The molecule has 3 N–H and O–H groups in total. The smallest absolute Gasteiger partial charge is 0.250 e. The molecular formula is C26H18Cl2FN3O4. The summed E-state index contributed by atoms with van der Waals surface area (Å²) in [6.45, 7) is 0. The van der Waals surface area contributed by atoms with Crippen LogP contribution in [0.3, 0.4) is 0 Å². The maximum atomic E-state index is 14.4. The largest absolute Gasteiger partial charge is 0.508 e. The Morgan fingerprint density at radius 1 is 0.944 bits per heavy atom. The third kappa shape index (κ3) is 3.18. The van der Waals surface area contributed by atoms with Crippen LogP contribution in [0.15, 0.2) is 60.7 Å². The maximum absolute atomic E-state index is 14.4. The van der Waals surface area contributed by atoms with E-state index in [9.17, 15) is 23.9 Å². The first-order valence-electron chi connectivity index (χ1n) is 11.2. The molecule has 3 aromatic carbocycles. The second-order valence-electron chi connectivity index (χ2n) is 9.19. The van der Waals surface area contributed by atoms with E-state index in [1.54, 1.807) is 12.1 Å². The zero-order valence-corrected chi connectivity index (χ0v) is 20.0. The minimum absolute atomic E-state index is 0.0879. The zero-order valence-electron chi connectivity index (χ0n) is 18.5. The molecule has 36 heavy (non-hydrogen) atoms. The van der Waals surface area contributed by atoms with Crippen LogP contribution in [0.4, 0.5) is 15.8 Å². The summed E-state index contributed by atoms with van der Waals surface area (Å²) >= 11 is 12.2. The van der Waals surface area contributed by atoms with E-state index in [2.05, 4.69) is 10.6 Å². The number of benzene rings is 3.